The Morgan fingerprint density at radius 2 is 1.82 bits per heavy atom. The largest absolute Gasteiger partial charge is 0.504 e. The lowest BCUT2D eigenvalue weighted by Crippen LogP contribution is -2.58. The summed E-state index contributed by atoms with van der Waals surface area (Å²) in [7, 11) is 0. The number of aromatic hydroxyl groups is 1. The molecule has 28 heavy (non-hydrogen) atoms. The highest BCUT2D eigenvalue weighted by atomic mass is 19.1. The van der Waals surface area contributed by atoms with Gasteiger partial charge in [-0.3, -0.25) is 14.5 Å². The molecule has 1 saturated heterocycles. The summed E-state index contributed by atoms with van der Waals surface area (Å²) in [5, 5.41) is 23.6. The number of aliphatic hydroxyl groups excluding tert-OH is 1. The minimum absolute atomic E-state index is 0.0566. The van der Waals surface area contributed by atoms with Gasteiger partial charge in [-0.05, 0) is 25.0 Å². The Labute approximate surface area is 164 Å². The number of amides is 2. The smallest absolute Gasteiger partial charge is 0.255 e. The molecule has 1 saturated carbocycles. The predicted molar refractivity (Wildman–Crippen MR) is 101 cm³/mol. The molecule has 0 aromatic heterocycles. The van der Waals surface area contributed by atoms with Crippen LogP contribution in [-0.2, 0) is 4.79 Å². The third kappa shape index (κ3) is 4.44. The number of para-hydroxylation sites is 1. The molecule has 1 aromatic carbocycles. The monoisotopic (exact) mass is 393 g/mol. The first-order chi connectivity index (χ1) is 13.4. The number of aliphatic hydroxyl groups is 1. The van der Waals surface area contributed by atoms with E-state index < -0.39 is 29.6 Å². The van der Waals surface area contributed by atoms with E-state index in [1.54, 1.807) is 11.8 Å². The zero-order valence-corrected chi connectivity index (χ0v) is 16.1. The Kier molecular flexibility index (Phi) is 6.51. The Morgan fingerprint density at radius 1 is 1.14 bits per heavy atom. The van der Waals surface area contributed by atoms with Crippen molar-refractivity contribution < 1.29 is 24.2 Å². The second kappa shape index (κ2) is 8.87. The van der Waals surface area contributed by atoms with Crippen LogP contribution >= 0.6 is 0 Å². The SMILES string of the molecule is CC(=O)N1CCN([C@@H]2CCCC[C@@H](NC(=O)c3cccc(F)c3O)[C@H]2O)CC1. The number of halogens is 1. The molecule has 0 radical (unpaired) electrons. The van der Waals surface area contributed by atoms with Crippen LogP contribution in [0.25, 0.3) is 0 Å². The first-order valence-electron chi connectivity index (χ1n) is 9.84. The van der Waals surface area contributed by atoms with Gasteiger partial charge in [0, 0.05) is 39.1 Å². The molecule has 8 heteroatoms. The number of rotatable bonds is 3. The van der Waals surface area contributed by atoms with Crippen molar-refractivity contribution in [2.75, 3.05) is 26.2 Å². The van der Waals surface area contributed by atoms with Crippen LogP contribution in [0.3, 0.4) is 0 Å². The normalized spacial score (nSPS) is 26.5. The minimum atomic E-state index is -0.852. The average molecular weight is 393 g/mol. The number of nitrogens with one attached hydrogen (secondary N) is 1. The van der Waals surface area contributed by atoms with E-state index in [0.29, 0.717) is 32.6 Å². The van der Waals surface area contributed by atoms with E-state index in [4.69, 9.17) is 0 Å². The van der Waals surface area contributed by atoms with Crippen LogP contribution in [0.5, 0.6) is 5.75 Å². The maximum atomic E-state index is 13.5. The van der Waals surface area contributed by atoms with Gasteiger partial charge in [0.25, 0.3) is 5.91 Å². The number of hydrogen-bond acceptors (Lipinski definition) is 5. The van der Waals surface area contributed by atoms with Gasteiger partial charge >= 0.3 is 0 Å². The molecule has 2 fully saturated rings. The van der Waals surface area contributed by atoms with Crippen LogP contribution in [0.1, 0.15) is 43.0 Å². The van der Waals surface area contributed by atoms with Crippen molar-refractivity contribution in [1.29, 1.82) is 0 Å². The third-order valence-corrected chi connectivity index (χ3v) is 5.85. The summed E-state index contributed by atoms with van der Waals surface area (Å²) in [6.45, 7) is 4.20. The van der Waals surface area contributed by atoms with Gasteiger partial charge < -0.3 is 20.4 Å². The van der Waals surface area contributed by atoms with E-state index in [1.807, 2.05) is 0 Å². The predicted octanol–water partition coefficient (Wildman–Crippen LogP) is 1.10. The molecule has 0 bridgehead atoms. The molecular weight excluding hydrogens is 365 g/mol. The Bertz CT molecular complexity index is 721. The first kappa shape index (κ1) is 20.5. The number of phenolic OH excluding ortho intramolecular Hbond substituents is 1. The van der Waals surface area contributed by atoms with Gasteiger partial charge in [0.15, 0.2) is 11.6 Å². The van der Waals surface area contributed by atoms with Crippen molar-refractivity contribution in [3.63, 3.8) is 0 Å². The lowest BCUT2D eigenvalue weighted by atomic mass is 9.98. The lowest BCUT2D eigenvalue weighted by Gasteiger charge is -2.41. The van der Waals surface area contributed by atoms with Gasteiger partial charge in [-0.1, -0.05) is 18.9 Å². The van der Waals surface area contributed by atoms with Crippen molar-refractivity contribution in [1.82, 2.24) is 15.1 Å². The highest BCUT2D eigenvalue weighted by Gasteiger charge is 2.36. The van der Waals surface area contributed by atoms with Crippen molar-refractivity contribution in [2.45, 2.75) is 50.8 Å². The van der Waals surface area contributed by atoms with Crippen molar-refractivity contribution in [3.8, 4) is 5.75 Å². The van der Waals surface area contributed by atoms with E-state index in [9.17, 15) is 24.2 Å². The first-order valence-corrected chi connectivity index (χ1v) is 9.84. The molecule has 2 amide bonds. The van der Waals surface area contributed by atoms with Crippen molar-refractivity contribution >= 4 is 11.8 Å². The minimum Gasteiger partial charge on any atom is -0.504 e. The molecule has 7 nitrogen and oxygen atoms in total. The molecule has 0 unspecified atom stereocenters. The Morgan fingerprint density at radius 3 is 2.50 bits per heavy atom. The van der Waals surface area contributed by atoms with Gasteiger partial charge in [0.1, 0.15) is 0 Å². The van der Waals surface area contributed by atoms with Crippen LogP contribution < -0.4 is 5.32 Å². The molecule has 2 aliphatic rings. The van der Waals surface area contributed by atoms with Crippen LogP contribution in [0, 0.1) is 5.82 Å². The van der Waals surface area contributed by atoms with E-state index in [1.165, 1.54) is 12.1 Å². The van der Waals surface area contributed by atoms with Gasteiger partial charge in [0.2, 0.25) is 5.91 Å². The van der Waals surface area contributed by atoms with E-state index in [2.05, 4.69) is 10.2 Å². The molecular formula is C20H28FN3O4. The number of carbonyl (C=O) groups excluding carboxylic acids is 2. The van der Waals surface area contributed by atoms with Crippen molar-refractivity contribution in [2.24, 2.45) is 0 Å². The molecule has 1 aliphatic carbocycles. The zero-order chi connectivity index (χ0) is 20.3. The molecule has 1 aliphatic heterocycles. The van der Waals surface area contributed by atoms with Crippen LogP contribution in [0.4, 0.5) is 4.39 Å². The number of hydrogen-bond donors (Lipinski definition) is 3. The summed E-state index contributed by atoms with van der Waals surface area (Å²) in [4.78, 5) is 28.0. The second-order valence-electron chi connectivity index (χ2n) is 7.60. The fourth-order valence-electron chi connectivity index (χ4n) is 4.20. The summed E-state index contributed by atoms with van der Waals surface area (Å²) in [5.74, 6) is -2.07. The van der Waals surface area contributed by atoms with Gasteiger partial charge in [0.05, 0.1) is 17.7 Å². The highest BCUT2D eigenvalue weighted by Crippen LogP contribution is 2.26. The summed E-state index contributed by atoms with van der Waals surface area (Å²) in [6.07, 6.45) is 2.46. The third-order valence-electron chi connectivity index (χ3n) is 5.85. The number of benzene rings is 1. The number of nitrogens with zero attached hydrogens (tertiary/aromatic N) is 2. The number of phenols is 1. The van der Waals surface area contributed by atoms with Crippen LogP contribution in [0.2, 0.25) is 0 Å². The van der Waals surface area contributed by atoms with Crippen molar-refractivity contribution in [3.05, 3.63) is 29.6 Å². The van der Waals surface area contributed by atoms with E-state index >= 15 is 0 Å². The van der Waals surface area contributed by atoms with Crippen LogP contribution in [-0.4, -0.2) is 76.2 Å². The molecule has 3 N–H and O–H groups in total. The standard InChI is InChI=1S/C20H28FN3O4/c1-13(25)23-9-11-24(12-10-23)17-8-3-2-7-16(19(17)27)22-20(28)14-5-4-6-15(21)18(14)26/h4-6,16-17,19,26-27H,2-3,7-12H2,1H3,(H,22,28)/t16-,17-,19-/m1/s1. The topological polar surface area (TPSA) is 93.1 Å². The second-order valence-corrected chi connectivity index (χ2v) is 7.60. The van der Waals surface area contributed by atoms with Gasteiger partial charge in [-0.2, -0.15) is 0 Å². The number of piperazine rings is 1. The Hall–Kier alpha value is -2.19. The van der Waals surface area contributed by atoms with E-state index in [0.717, 1.165) is 25.3 Å². The van der Waals surface area contributed by atoms with Crippen LogP contribution in [0.15, 0.2) is 18.2 Å². The summed E-state index contributed by atoms with van der Waals surface area (Å²) in [5.41, 5.74) is -0.136. The van der Waals surface area contributed by atoms with E-state index in [-0.39, 0.29) is 17.5 Å². The summed E-state index contributed by atoms with van der Waals surface area (Å²) in [6, 6.07) is 3.22. The molecule has 3 atom stereocenters. The Balaban J connectivity index is 1.67. The molecule has 0 spiro atoms. The lowest BCUT2D eigenvalue weighted by molar-refractivity contribution is -0.131. The maximum absolute atomic E-state index is 13.5. The van der Waals surface area contributed by atoms with Gasteiger partial charge in [-0.25, -0.2) is 4.39 Å². The fourth-order valence-corrected chi connectivity index (χ4v) is 4.20. The molecule has 1 heterocycles. The summed E-state index contributed by atoms with van der Waals surface area (Å²) >= 11 is 0. The zero-order valence-electron chi connectivity index (χ0n) is 16.1. The summed E-state index contributed by atoms with van der Waals surface area (Å²) < 4.78 is 13.5. The quantitative estimate of drug-likeness (QED) is 0.669. The highest BCUT2D eigenvalue weighted by molar-refractivity contribution is 5.97. The maximum Gasteiger partial charge on any atom is 0.255 e. The molecule has 1 aromatic rings. The molecule has 154 valence electrons. The number of carbonyl (C=O) groups is 2. The average Bonchev–Trinajstić information content (AvgIpc) is 2.86. The molecule has 3 rings (SSSR count). The van der Waals surface area contributed by atoms with Gasteiger partial charge in [-0.15, -0.1) is 0 Å². The fraction of sp³-hybridized carbons (Fsp3) is 0.600.